The lowest BCUT2D eigenvalue weighted by Gasteiger charge is -2.09. The Morgan fingerprint density at radius 3 is 2.27 bits per heavy atom. The van der Waals surface area contributed by atoms with E-state index >= 15 is 0 Å². The summed E-state index contributed by atoms with van der Waals surface area (Å²) < 4.78 is 27.7. The van der Waals surface area contributed by atoms with Crippen LogP contribution >= 0.6 is 0 Å². The Bertz CT molecular complexity index is 1100. The van der Waals surface area contributed by atoms with Crippen molar-refractivity contribution in [2.24, 2.45) is 0 Å². The number of carboxylic acid groups (broad SMARTS) is 1. The van der Waals surface area contributed by atoms with Gasteiger partial charge in [-0.3, -0.25) is 4.72 Å². The van der Waals surface area contributed by atoms with Crippen molar-refractivity contribution >= 4 is 38.5 Å². The Morgan fingerprint density at radius 2 is 1.62 bits per heavy atom. The highest BCUT2D eigenvalue weighted by atomic mass is 32.2. The van der Waals surface area contributed by atoms with E-state index in [1.54, 1.807) is 24.3 Å². The Labute approximate surface area is 151 Å². The standard InChI is InChI=1S/C20H17NO4S/c1-14(20(22)23)12-15-6-10-19(11-7-15)26(24,25)21-18-9-8-16-4-2-3-5-17(16)13-18/h2-13,21H,1H3,(H,22,23). The summed E-state index contributed by atoms with van der Waals surface area (Å²) >= 11 is 0. The molecular weight excluding hydrogens is 350 g/mol. The molecule has 0 saturated heterocycles. The maximum absolute atomic E-state index is 12.6. The molecule has 0 aliphatic heterocycles. The molecule has 6 heteroatoms. The number of rotatable bonds is 5. The monoisotopic (exact) mass is 367 g/mol. The smallest absolute Gasteiger partial charge is 0.331 e. The number of nitrogens with one attached hydrogen (secondary N) is 1. The third-order valence-corrected chi connectivity index (χ3v) is 5.31. The van der Waals surface area contributed by atoms with Gasteiger partial charge in [-0.25, -0.2) is 13.2 Å². The minimum absolute atomic E-state index is 0.107. The quantitative estimate of drug-likeness (QED) is 0.664. The molecule has 0 aliphatic rings. The summed E-state index contributed by atoms with van der Waals surface area (Å²) in [6.07, 6.45) is 1.48. The third kappa shape index (κ3) is 3.92. The van der Waals surface area contributed by atoms with Gasteiger partial charge in [0.1, 0.15) is 0 Å². The first-order chi connectivity index (χ1) is 12.3. The van der Waals surface area contributed by atoms with Crippen LogP contribution in [0.15, 0.2) is 77.2 Å². The van der Waals surface area contributed by atoms with Crippen LogP contribution in [0.4, 0.5) is 5.69 Å². The molecule has 0 atom stereocenters. The minimum atomic E-state index is -3.73. The summed E-state index contributed by atoms with van der Waals surface area (Å²) in [4.78, 5) is 11.0. The van der Waals surface area contributed by atoms with E-state index < -0.39 is 16.0 Å². The number of benzene rings is 3. The summed E-state index contributed by atoms with van der Waals surface area (Å²) in [5, 5.41) is 10.9. The molecule has 0 aromatic heterocycles. The van der Waals surface area contributed by atoms with Gasteiger partial charge in [-0.2, -0.15) is 0 Å². The topological polar surface area (TPSA) is 83.5 Å². The van der Waals surface area contributed by atoms with Crippen LogP contribution in [0.3, 0.4) is 0 Å². The molecule has 0 bridgehead atoms. The second-order valence-corrected chi connectivity index (χ2v) is 7.55. The van der Waals surface area contributed by atoms with E-state index in [0.717, 1.165) is 10.8 Å². The van der Waals surface area contributed by atoms with Gasteiger partial charge >= 0.3 is 5.97 Å². The number of hydrogen-bond donors (Lipinski definition) is 2. The van der Waals surface area contributed by atoms with Crippen LogP contribution in [0.5, 0.6) is 0 Å². The highest BCUT2D eigenvalue weighted by Gasteiger charge is 2.14. The van der Waals surface area contributed by atoms with Crippen molar-refractivity contribution in [1.29, 1.82) is 0 Å². The molecule has 0 amide bonds. The number of anilines is 1. The maximum Gasteiger partial charge on any atom is 0.331 e. The number of carboxylic acids is 1. The van der Waals surface area contributed by atoms with E-state index in [0.29, 0.717) is 11.3 Å². The predicted octanol–water partition coefficient (Wildman–Crippen LogP) is 4.13. The number of hydrogen-bond acceptors (Lipinski definition) is 3. The summed E-state index contributed by atoms with van der Waals surface area (Å²) in [5.41, 5.74) is 1.28. The van der Waals surface area contributed by atoms with Gasteiger partial charge < -0.3 is 5.11 Å². The summed E-state index contributed by atoms with van der Waals surface area (Å²) in [7, 11) is -3.73. The van der Waals surface area contributed by atoms with Crippen LogP contribution in [0.2, 0.25) is 0 Å². The van der Waals surface area contributed by atoms with Gasteiger partial charge in [0.15, 0.2) is 0 Å². The average molecular weight is 367 g/mol. The Balaban J connectivity index is 1.85. The van der Waals surface area contributed by atoms with Crippen LogP contribution in [0.25, 0.3) is 16.8 Å². The molecule has 0 spiro atoms. The van der Waals surface area contributed by atoms with Crippen LogP contribution < -0.4 is 4.72 Å². The molecule has 3 rings (SSSR count). The molecule has 0 fully saturated rings. The maximum atomic E-state index is 12.6. The zero-order chi connectivity index (χ0) is 18.7. The highest BCUT2D eigenvalue weighted by Crippen LogP contribution is 2.22. The predicted molar refractivity (Wildman–Crippen MR) is 102 cm³/mol. The van der Waals surface area contributed by atoms with Crippen molar-refractivity contribution < 1.29 is 18.3 Å². The van der Waals surface area contributed by atoms with Gasteiger partial charge in [-0.05, 0) is 53.6 Å². The lowest BCUT2D eigenvalue weighted by atomic mass is 10.1. The highest BCUT2D eigenvalue weighted by molar-refractivity contribution is 7.92. The lowest BCUT2D eigenvalue weighted by Crippen LogP contribution is -2.12. The molecule has 0 radical (unpaired) electrons. The Hall–Kier alpha value is -3.12. The van der Waals surface area contributed by atoms with E-state index in [2.05, 4.69) is 4.72 Å². The van der Waals surface area contributed by atoms with Crippen LogP contribution in [-0.4, -0.2) is 19.5 Å². The Kier molecular flexibility index (Phi) is 4.77. The number of fused-ring (bicyclic) bond motifs is 1. The van der Waals surface area contributed by atoms with Crippen molar-refractivity contribution in [1.82, 2.24) is 0 Å². The lowest BCUT2D eigenvalue weighted by molar-refractivity contribution is -0.132. The molecular formula is C20H17NO4S. The molecule has 0 aliphatic carbocycles. The number of aliphatic carboxylic acids is 1. The van der Waals surface area contributed by atoms with Crippen LogP contribution in [-0.2, 0) is 14.8 Å². The van der Waals surface area contributed by atoms with Crippen molar-refractivity contribution in [2.45, 2.75) is 11.8 Å². The zero-order valence-electron chi connectivity index (χ0n) is 14.0. The summed E-state index contributed by atoms with van der Waals surface area (Å²) in [6, 6.07) is 19.1. The van der Waals surface area contributed by atoms with Crippen molar-refractivity contribution in [3.63, 3.8) is 0 Å². The molecule has 0 saturated carbocycles. The molecule has 26 heavy (non-hydrogen) atoms. The average Bonchev–Trinajstić information content (AvgIpc) is 2.61. The van der Waals surface area contributed by atoms with Crippen molar-refractivity contribution in [3.05, 3.63) is 77.9 Å². The second kappa shape index (κ2) is 7.01. The van der Waals surface area contributed by atoms with Crippen LogP contribution in [0.1, 0.15) is 12.5 Å². The first-order valence-electron chi connectivity index (χ1n) is 7.88. The third-order valence-electron chi connectivity index (χ3n) is 3.91. The van der Waals surface area contributed by atoms with E-state index in [1.807, 2.05) is 30.3 Å². The van der Waals surface area contributed by atoms with Crippen molar-refractivity contribution in [3.8, 4) is 0 Å². The molecule has 5 nitrogen and oxygen atoms in total. The summed E-state index contributed by atoms with van der Waals surface area (Å²) in [5.74, 6) is -1.01. The first kappa shape index (κ1) is 17.7. The van der Waals surface area contributed by atoms with Crippen LogP contribution in [0, 0.1) is 0 Å². The normalized spacial score (nSPS) is 12.1. The van der Waals surface area contributed by atoms with Gasteiger partial charge in [0.05, 0.1) is 4.90 Å². The zero-order valence-corrected chi connectivity index (χ0v) is 14.8. The van der Waals surface area contributed by atoms with Crippen molar-refractivity contribution in [2.75, 3.05) is 4.72 Å². The molecule has 2 N–H and O–H groups in total. The Morgan fingerprint density at radius 1 is 0.962 bits per heavy atom. The van der Waals surface area contributed by atoms with E-state index in [4.69, 9.17) is 5.11 Å². The number of carbonyl (C=O) groups is 1. The number of sulfonamides is 1. The molecule has 3 aromatic carbocycles. The second-order valence-electron chi connectivity index (χ2n) is 5.87. The molecule has 0 unspecified atom stereocenters. The minimum Gasteiger partial charge on any atom is -0.478 e. The van der Waals surface area contributed by atoms with E-state index in [9.17, 15) is 13.2 Å². The van der Waals surface area contributed by atoms with Gasteiger partial charge in [-0.1, -0.05) is 42.5 Å². The first-order valence-corrected chi connectivity index (χ1v) is 9.37. The summed E-state index contributed by atoms with van der Waals surface area (Å²) in [6.45, 7) is 1.48. The van der Waals surface area contributed by atoms with E-state index in [1.165, 1.54) is 25.1 Å². The van der Waals surface area contributed by atoms with Gasteiger partial charge in [-0.15, -0.1) is 0 Å². The molecule has 132 valence electrons. The fourth-order valence-electron chi connectivity index (χ4n) is 2.52. The van der Waals surface area contributed by atoms with Gasteiger partial charge in [0, 0.05) is 11.3 Å². The largest absolute Gasteiger partial charge is 0.478 e. The van der Waals surface area contributed by atoms with Gasteiger partial charge in [0.2, 0.25) is 0 Å². The SMILES string of the molecule is CC(=Cc1ccc(S(=O)(=O)Nc2ccc3ccccc3c2)cc1)C(=O)O. The fraction of sp³-hybridized carbons (Fsp3) is 0.0500. The molecule has 3 aromatic rings. The fourth-order valence-corrected chi connectivity index (χ4v) is 3.57. The van der Waals surface area contributed by atoms with E-state index in [-0.39, 0.29) is 10.5 Å². The van der Waals surface area contributed by atoms with Gasteiger partial charge in [0.25, 0.3) is 10.0 Å². The molecule has 0 heterocycles.